The van der Waals surface area contributed by atoms with Gasteiger partial charge in [0.2, 0.25) is 0 Å². The Morgan fingerprint density at radius 1 is 0.950 bits per heavy atom. The van der Waals surface area contributed by atoms with Gasteiger partial charge in [-0.3, -0.25) is 0 Å². The van der Waals surface area contributed by atoms with Crippen molar-refractivity contribution in [2.24, 2.45) is 0 Å². The summed E-state index contributed by atoms with van der Waals surface area (Å²) in [5, 5.41) is 0. The number of hydrogen-bond donors (Lipinski definition) is 0. The summed E-state index contributed by atoms with van der Waals surface area (Å²) < 4.78 is 8.64. The van der Waals surface area contributed by atoms with Gasteiger partial charge in [-0.05, 0) is 73.1 Å². The number of benzene rings is 1. The second-order valence-corrected chi connectivity index (χ2v) is 12.8. The molecule has 20 heavy (non-hydrogen) atoms. The Bertz CT molecular complexity index is 431. The molecular formula is C16H26Br2OSi. The molecule has 0 N–H and O–H groups in total. The van der Waals surface area contributed by atoms with Crippen molar-refractivity contribution in [3.8, 4) is 5.75 Å². The molecular weight excluding hydrogens is 396 g/mol. The summed E-state index contributed by atoms with van der Waals surface area (Å²) in [5.41, 5.74) is 1.44. The Kier molecular flexibility index (Phi) is 6.36. The monoisotopic (exact) mass is 420 g/mol. The van der Waals surface area contributed by atoms with E-state index in [-0.39, 0.29) is 5.41 Å². The molecule has 0 radical (unpaired) electrons. The van der Waals surface area contributed by atoms with Crippen LogP contribution in [0.3, 0.4) is 0 Å². The highest BCUT2D eigenvalue weighted by Gasteiger charge is 2.32. The molecule has 0 fully saturated rings. The summed E-state index contributed by atoms with van der Waals surface area (Å²) in [5.74, 6) is 0.982. The van der Waals surface area contributed by atoms with Gasteiger partial charge < -0.3 is 4.43 Å². The van der Waals surface area contributed by atoms with E-state index in [1.807, 2.05) is 0 Å². The number of rotatable bonds is 5. The van der Waals surface area contributed by atoms with Crippen LogP contribution in [0, 0.1) is 0 Å². The van der Waals surface area contributed by atoms with Crippen molar-refractivity contribution in [1.82, 2.24) is 0 Å². The lowest BCUT2D eigenvalue weighted by atomic mass is 9.87. The molecule has 0 aliphatic carbocycles. The van der Waals surface area contributed by atoms with E-state index in [0.29, 0.717) is 0 Å². The predicted octanol–water partition coefficient (Wildman–Crippen LogP) is 6.89. The summed E-state index contributed by atoms with van der Waals surface area (Å²) in [6.07, 6.45) is 0. The minimum Gasteiger partial charge on any atom is -0.542 e. The first-order valence-corrected chi connectivity index (χ1v) is 11.5. The summed E-state index contributed by atoms with van der Waals surface area (Å²) in [6.45, 7) is 13.4. The summed E-state index contributed by atoms with van der Waals surface area (Å²) in [4.78, 5) is 0. The fourth-order valence-electron chi connectivity index (χ4n) is 2.27. The van der Waals surface area contributed by atoms with Gasteiger partial charge in [0.15, 0.2) is 0 Å². The van der Waals surface area contributed by atoms with Crippen LogP contribution in [-0.4, -0.2) is 8.32 Å². The maximum atomic E-state index is 6.52. The lowest BCUT2D eigenvalue weighted by molar-refractivity contribution is 0.522. The fraction of sp³-hybridized carbons (Fsp3) is 0.625. The first kappa shape index (κ1) is 18.2. The smallest absolute Gasteiger partial charge is 0.250 e. The fourth-order valence-corrected chi connectivity index (χ4v) is 6.51. The van der Waals surface area contributed by atoms with Crippen LogP contribution in [0.4, 0.5) is 0 Å². The van der Waals surface area contributed by atoms with E-state index < -0.39 is 8.32 Å². The van der Waals surface area contributed by atoms with E-state index in [0.717, 1.165) is 32.8 Å². The molecule has 1 aromatic rings. The molecule has 1 nitrogen and oxygen atoms in total. The highest BCUT2D eigenvalue weighted by molar-refractivity contribution is 9.11. The van der Waals surface area contributed by atoms with Gasteiger partial charge in [-0.1, -0.05) is 41.5 Å². The van der Waals surface area contributed by atoms with Crippen LogP contribution < -0.4 is 4.43 Å². The standard InChI is InChI=1S/C16H26Br2OSi/c1-7-20(8-2,9-3)19-15-13(17)10-12(11-14(15)18)16(4,5)6/h10-11H,7-9H2,1-6H3. The van der Waals surface area contributed by atoms with E-state index >= 15 is 0 Å². The highest BCUT2D eigenvalue weighted by Crippen LogP contribution is 2.40. The van der Waals surface area contributed by atoms with Gasteiger partial charge in [-0.2, -0.15) is 0 Å². The summed E-state index contributed by atoms with van der Waals surface area (Å²) in [6, 6.07) is 7.85. The molecule has 1 rings (SSSR count). The van der Waals surface area contributed by atoms with Crippen molar-refractivity contribution in [1.29, 1.82) is 0 Å². The third-order valence-corrected chi connectivity index (χ3v) is 9.80. The minimum atomic E-state index is -1.64. The van der Waals surface area contributed by atoms with Crippen LogP contribution in [0.5, 0.6) is 5.75 Å². The van der Waals surface area contributed by atoms with Crippen LogP contribution in [0.1, 0.15) is 47.1 Å². The zero-order valence-electron chi connectivity index (χ0n) is 13.4. The lowest BCUT2D eigenvalue weighted by Gasteiger charge is -2.31. The predicted molar refractivity (Wildman–Crippen MR) is 98.4 cm³/mol. The van der Waals surface area contributed by atoms with Crippen molar-refractivity contribution in [2.75, 3.05) is 0 Å². The Labute approximate surface area is 141 Å². The molecule has 0 bridgehead atoms. The molecule has 0 atom stereocenters. The van der Waals surface area contributed by atoms with Crippen molar-refractivity contribution >= 4 is 40.2 Å². The van der Waals surface area contributed by atoms with Crippen LogP contribution in [-0.2, 0) is 5.41 Å². The number of halogens is 2. The molecule has 0 saturated heterocycles. The third kappa shape index (κ3) is 4.11. The van der Waals surface area contributed by atoms with Crippen LogP contribution >= 0.6 is 31.9 Å². The molecule has 0 heterocycles. The zero-order valence-corrected chi connectivity index (χ0v) is 17.6. The Hall–Kier alpha value is 0.197. The van der Waals surface area contributed by atoms with Crippen LogP contribution in [0.25, 0.3) is 0 Å². The van der Waals surface area contributed by atoms with Crippen molar-refractivity contribution in [3.05, 3.63) is 26.6 Å². The highest BCUT2D eigenvalue weighted by atomic mass is 79.9. The average molecular weight is 422 g/mol. The Balaban J connectivity index is 3.21. The van der Waals surface area contributed by atoms with Gasteiger partial charge in [0.25, 0.3) is 8.32 Å². The second-order valence-electron chi connectivity index (χ2n) is 6.36. The Morgan fingerprint density at radius 3 is 1.65 bits per heavy atom. The Morgan fingerprint density at radius 2 is 1.35 bits per heavy atom. The quantitative estimate of drug-likeness (QED) is 0.470. The molecule has 0 saturated carbocycles. The molecule has 0 unspecified atom stereocenters. The zero-order chi connectivity index (χ0) is 15.6. The maximum absolute atomic E-state index is 6.52. The van der Waals surface area contributed by atoms with Gasteiger partial charge in [-0.15, -0.1) is 0 Å². The van der Waals surface area contributed by atoms with Gasteiger partial charge in [0.1, 0.15) is 5.75 Å². The second kappa shape index (κ2) is 6.97. The van der Waals surface area contributed by atoms with Gasteiger partial charge in [0.05, 0.1) is 8.95 Å². The van der Waals surface area contributed by atoms with Crippen LogP contribution in [0.2, 0.25) is 18.1 Å². The summed E-state index contributed by atoms with van der Waals surface area (Å²) in [7, 11) is -1.64. The van der Waals surface area contributed by atoms with E-state index in [2.05, 4.69) is 85.5 Å². The van der Waals surface area contributed by atoms with Crippen molar-refractivity contribution < 1.29 is 4.43 Å². The molecule has 1 aromatic carbocycles. The van der Waals surface area contributed by atoms with E-state index in [9.17, 15) is 0 Å². The van der Waals surface area contributed by atoms with Crippen molar-refractivity contribution in [2.45, 2.75) is 65.1 Å². The van der Waals surface area contributed by atoms with Gasteiger partial charge in [-0.25, -0.2) is 0 Å². The van der Waals surface area contributed by atoms with E-state index in [1.54, 1.807) is 0 Å². The normalized spacial score (nSPS) is 12.6. The average Bonchev–Trinajstić information content (AvgIpc) is 2.38. The molecule has 0 aliphatic heterocycles. The van der Waals surface area contributed by atoms with E-state index in [4.69, 9.17) is 4.43 Å². The van der Waals surface area contributed by atoms with Gasteiger partial charge >= 0.3 is 0 Å². The maximum Gasteiger partial charge on any atom is 0.250 e. The lowest BCUT2D eigenvalue weighted by Crippen LogP contribution is -2.39. The largest absolute Gasteiger partial charge is 0.542 e. The first-order valence-electron chi connectivity index (χ1n) is 7.37. The third-order valence-electron chi connectivity index (χ3n) is 4.12. The van der Waals surface area contributed by atoms with Crippen LogP contribution in [0.15, 0.2) is 21.1 Å². The molecule has 0 aromatic heterocycles. The molecule has 4 heteroatoms. The molecule has 0 aliphatic rings. The minimum absolute atomic E-state index is 0.137. The topological polar surface area (TPSA) is 9.23 Å². The first-order chi connectivity index (χ1) is 9.19. The molecule has 114 valence electrons. The van der Waals surface area contributed by atoms with Crippen molar-refractivity contribution in [3.63, 3.8) is 0 Å². The molecule has 0 spiro atoms. The van der Waals surface area contributed by atoms with E-state index in [1.165, 1.54) is 5.56 Å². The SMILES string of the molecule is CC[Si](CC)(CC)Oc1c(Br)cc(C(C)(C)C)cc1Br. The summed E-state index contributed by atoms with van der Waals surface area (Å²) >= 11 is 7.40. The van der Waals surface area contributed by atoms with Gasteiger partial charge in [0, 0.05) is 0 Å². The molecule has 0 amide bonds. The number of hydrogen-bond acceptors (Lipinski definition) is 1.